The fourth-order valence-electron chi connectivity index (χ4n) is 2.40. The molecule has 0 aliphatic heterocycles. The van der Waals surface area contributed by atoms with Crippen LogP contribution >= 0.6 is 11.3 Å². The van der Waals surface area contributed by atoms with Gasteiger partial charge >= 0.3 is 11.9 Å². The van der Waals surface area contributed by atoms with Gasteiger partial charge in [-0.2, -0.15) is 4.39 Å². The standard InChI is InChI=1S/C16H14FN3O2S2.C4H4O4/c1-18-10-11-9-13(12-5-4-8-20-15(12)17)16(23-11)24(21,22)14-6-2-3-7-19-14;5-3(6)1-2-4(7)8/h2-9,18H,10H2,1H3;1-2H,(H,5,6)(H,7,8)/b;2-1+. The van der Waals surface area contributed by atoms with Crippen molar-refractivity contribution in [2.75, 3.05) is 7.05 Å². The monoisotopic (exact) mass is 479 g/mol. The van der Waals surface area contributed by atoms with E-state index in [1.807, 2.05) is 0 Å². The number of halogens is 1. The van der Waals surface area contributed by atoms with Gasteiger partial charge < -0.3 is 15.5 Å². The number of hydrogen-bond donors (Lipinski definition) is 3. The molecule has 0 spiro atoms. The number of carbonyl (C=O) groups is 2. The Labute approximate surface area is 186 Å². The zero-order chi connectivity index (χ0) is 23.7. The van der Waals surface area contributed by atoms with E-state index in [1.54, 1.807) is 31.3 Å². The summed E-state index contributed by atoms with van der Waals surface area (Å²) in [5.41, 5.74) is 0.465. The third kappa shape index (κ3) is 6.51. The molecule has 168 valence electrons. The molecule has 0 aromatic carbocycles. The van der Waals surface area contributed by atoms with Gasteiger partial charge in [-0.25, -0.2) is 28.0 Å². The Balaban J connectivity index is 0.000000390. The Morgan fingerprint density at radius 2 is 1.72 bits per heavy atom. The van der Waals surface area contributed by atoms with Crippen LogP contribution in [-0.2, 0) is 26.0 Å². The van der Waals surface area contributed by atoms with Crippen LogP contribution in [0.5, 0.6) is 0 Å². The van der Waals surface area contributed by atoms with Crippen molar-refractivity contribution < 1.29 is 32.6 Å². The number of carboxylic acid groups (broad SMARTS) is 2. The highest BCUT2D eigenvalue weighted by molar-refractivity contribution is 7.93. The fourth-order valence-corrected chi connectivity index (χ4v) is 5.43. The van der Waals surface area contributed by atoms with Gasteiger partial charge in [0.25, 0.3) is 0 Å². The predicted octanol–water partition coefficient (Wildman–Crippen LogP) is 2.61. The third-order valence-corrected chi connectivity index (χ3v) is 7.01. The van der Waals surface area contributed by atoms with Crippen LogP contribution in [0.25, 0.3) is 11.1 Å². The molecule has 3 aromatic heterocycles. The zero-order valence-corrected chi connectivity index (χ0v) is 18.2. The van der Waals surface area contributed by atoms with Crippen LogP contribution in [0.4, 0.5) is 4.39 Å². The van der Waals surface area contributed by atoms with E-state index >= 15 is 0 Å². The second-order valence-electron chi connectivity index (χ2n) is 5.97. The van der Waals surface area contributed by atoms with Crippen LogP contribution in [0.1, 0.15) is 4.88 Å². The van der Waals surface area contributed by atoms with Crippen LogP contribution in [0.3, 0.4) is 0 Å². The number of hydrogen-bond acceptors (Lipinski definition) is 8. The van der Waals surface area contributed by atoms with Crippen molar-refractivity contribution >= 4 is 33.1 Å². The quantitative estimate of drug-likeness (QED) is 0.344. The zero-order valence-electron chi connectivity index (χ0n) is 16.6. The second-order valence-corrected chi connectivity index (χ2v) is 9.20. The number of thiophene rings is 1. The molecule has 0 amide bonds. The molecule has 0 radical (unpaired) electrons. The van der Waals surface area contributed by atoms with E-state index in [0.717, 1.165) is 16.2 Å². The SMILES string of the molecule is CNCc1cc(-c2cccnc2F)c(S(=O)(=O)c2ccccn2)s1.O=C(O)/C=C/C(=O)O. The topological polar surface area (TPSA) is 147 Å². The maximum absolute atomic E-state index is 14.1. The third-order valence-electron chi connectivity index (χ3n) is 3.67. The summed E-state index contributed by atoms with van der Waals surface area (Å²) in [5, 5.41) is 18.5. The Morgan fingerprint density at radius 1 is 1.06 bits per heavy atom. The summed E-state index contributed by atoms with van der Waals surface area (Å²) in [6.07, 6.45) is 3.86. The smallest absolute Gasteiger partial charge is 0.328 e. The summed E-state index contributed by atoms with van der Waals surface area (Å²) in [7, 11) is -2.09. The molecular weight excluding hydrogens is 461 g/mol. The molecular formula is C20H18FN3O6S2. The Bertz CT molecular complexity index is 1210. The molecule has 32 heavy (non-hydrogen) atoms. The molecule has 9 nitrogen and oxygen atoms in total. The lowest BCUT2D eigenvalue weighted by atomic mass is 10.1. The second kappa shape index (κ2) is 11.2. The highest BCUT2D eigenvalue weighted by Crippen LogP contribution is 2.38. The van der Waals surface area contributed by atoms with Crippen molar-refractivity contribution in [2.24, 2.45) is 0 Å². The average Bonchev–Trinajstić information content (AvgIpc) is 3.18. The van der Waals surface area contributed by atoms with Crippen molar-refractivity contribution in [3.05, 3.63) is 71.8 Å². The predicted molar refractivity (Wildman–Crippen MR) is 114 cm³/mol. The number of rotatable bonds is 7. The molecule has 0 fully saturated rings. The fraction of sp³-hybridized carbons (Fsp3) is 0.100. The molecule has 0 unspecified atom stereocenters. The maximum Gasteiger partial charge on any atom is 0.328 e. The summed E-state index contributed by atoms with van der Waals surface area (Å²) in [4.78, 5) is 27.4. The Hall–Kier alpha value is -3.48. The van der Waals surface area contributed by atoms with E-state index in [-0.39, 0.29) is 14.8 Å². The molecule has 3 aromatic rings. The lowest BCUT2D eigenvalue weighted by molar-refractivity contribution is -0.134. The first-order chi connectivity index (χ1) is 15.2. The highest BCUT2D eigenvalue weighted by Gasteiger charge is 2.27. The molecule has 12 heteroatoms. The summed E-state index contributed by atoms with van der Waals surface area (Å²) in [6, 6.07) is 9.44. The number of aliphatic carboxylic acids is 2. The van der Waals surface area contributed by atoms with Crippen molar-refractivity contribution in [2.45, 2.75) is 15.8 Å². The van der Waals surface area contributed by atoms with Gasteiger partial charge in [-0.15, -0.1) is 11.3 Å². The number of sulfone groups is 1. The number of carboxylic acids is 2. The summed E-state index contributed by atoms with van der Waals surface area (Å²) in [5.74, 6) is -3.22. The highest BCUT2D eigenvalue weighted by atomic mass is 32.2. The van der Waals surface area contributed by atoms with Gasteiger partial charge in [0.15, 0.2) is 5.03 Å². The molecule has 3 heterocycles. The van der Waals surface area contributed by atoms with Gasteiger partial charge in [0, 0.05) is 47.1 Å². The van der Waals surface area contributed by atoms with Crippen LogP contribution in [0.15, 0.2) is 70.2 Å². The van der Waals surface area contributed by atoms with Gasteiger partial charge in [-0.1, -0.05) is 6.07 Å². The van der Waals surface area contributed by atoms with E-state index in [0.29, 0.717) is 24.3 Å². The minimum atomic E-state index is -3.85. The van der Waals surface area contributed by atoms with Gasteiger partial charge in [0.2, 0.25) is 15.8 Å². The first-order valence-corrected chi connectivity index (χ1v) is 11.1. The molecule has 0 saturated heterocycles. The number of nitrogens with one attached hydrogen (secondary N) is 1. The Kier molecular flexibility index (Phi) is 8.70. The van der Waals surface area contributed by atoms with E-state index < -0.39 is 27.7 Å². The van der Waals surface area contributed by atoms with Crippen molar-refractivity contribution in [1.29, 1.82) is 0 Å². The van der Waals surface area contributed by atoms with Crippen molar-refractivity contribution in [3.63, 3.8) is 0 Å². The molecule has 0 aliphatic carbocycles. The van der Waals surface area contributed by atoms with Crippen LogP contribution in [0.2, 0.25) is 0 Å². The van der Waals surface area contributed by atoms with Crippen molar-refractivity contribution in [1.82, 2.24) is 15.3 Å². The lowest BCUT2D eigenvalue weighted by Gasteiger charge is -2.05. The Morgan fingerprint density at radius 3 is 2.25 bits per heavy atom. The van der Waals surface area contributed by atoms with E-state index in [1.165, 1.54) is 24.5 Å². The number of aromatic nitrogens is 2. The maximum atomic E-state index is 14.1. The van der Waals surface area contributed by atoms with E-state index in [4.69, 9.17) is 10.2 Å². The van der Waals surface area contributed by atoms with Gasteiger partial charge in [-0.3, -0.25) is 0 Å². The van der Waals surface area contributed by atoms with E-state index in [2.05, 4.69) is 15.3 Å². The normalized spacial score (nSPS) is 11.1. The average molecular weight is 480 g/mol. The molecule has 3 N–H and O–H groups in total. The van der Waals surface area contributed by atoms with Gasteiger partial charge in [0.05, 0.1) is 0 Å². The van der Waals surface area contributed by atoms with Gasteiger partial charge in [-0.05, 0) is 37.4 Å². The molecule has 0 atom stereocenters. The molecule has 0 aliphatic rings. The summed E-state index contributed by atoms with van der Waals surface area (Å²) in [6.45, 7) is 0.483. The van der Waals surface area contributed by atoms with Crippen LogP contribution in [0, 0.1) is 5.95 Å². The minimum Gasteiger partial charge on any atom is -0.478 e. The van der Waals surface area contributed by atoms with Gasteiger partial charge in [0.1, 0.15) is 4.21 Å². The first kappa shape index (κ1) is 24.8. The molecule has 0 saturated carbocycles. The van der Waals surface area contributed by atoms with Crippen molar-refractivity contribution in [3.8, 4) is 11.1 Å². The molecule has 3 rings (SSSR count). The first-order valence-electron chi connectivity index (χ1n) is 8.85. The summed E-state index contributed by atoms with van der Waals surface area (Å²) < 4.78 is 40.1. The lowest BCUT2D eigenvalue weighted by Crippen LogP contribution is -2.04. The van der Waals surface area contributed by atoms with Crippen LogP contribution in [-0.4, -0.2) is 47.6 Å². The summed E-state index contributed by atoms with van der Waals surface area (Å²) >= 11 is 1.10. The number of nitrogens with zero attached hydrogens (tertiary/aromatic N) is 2. The van der Waals surface area contributed by atoms with Crippen LogP contribution < -0.4 is 5.32 Å². The molecule has 0 bridgehead atoms. The largest absolute Gasteiger partial charge is 0.478 e. The van der Waals surface area contributed by atoms with E-state index in [9.17, 15) is 22.4 Å². The number of pyridine rings is 2. The minimum absolute atomic E-state index is 0.0617.